The normalized spacial score (nSPS) is 14.3. The van der Waals surface area contributed by atoms with Crippen molar-refractivity contribution >= 4 is 28.7 Å². The van der Waals surface area contributed by atoms with E-state index in [1.54, 1.807) is 11.8 Å². The molecule has 0 N–H and O–H groups in total. The van der Waals surface area contributed by atoms with E-state index in [1.807, 2.05) is 0 Å². The minimum Gasteiger partial charge on any atom is -0.367 e. The minimum absolute atomic E-state index is 0. The van der Waals surface area contributed by atoms with Crippen LogP contribution in [-0.4, -0.2) is 17.3 Å². The van der Waals surface area contributed by atoms with Crippen LogP contribution in [0.1, 0.15) is 12.8 Å². The molecule has 0 saturated heterocycles. The second kappa shape index (κ2) is 6.56. The first-order valence-electron chi connectivity index (χ1n) is 3.33. The average molecular weight is 235 g/mol. The number of hydrogen-bond acceptors (Lipinski definition) is 3. The second-order valence-electron chi connectivity index (χ2n) is 2.15. The lowest BCUT2D eigenvalue weighted by atomic mass is 10.3. The van der Waals surface area contributed by atoms with E-state index in [1.165, 1.54) is 0 Å². The van der Waals surface area contributed by atoms with Crippen LogP contribution in [0.2, 0.25) is 0 Å². The molecule has 0 spiro atoms. The Morgan fingerprint density at radius 3 is 3.00 bits per heavy atom. The van der Waals surface area contributed by atoms with Gasteiger partial charge in [-0.1, -0.05) is 0 Å². The summed E-state index contributed by atoms with van der Waals surface area (Å²) >= 11 is 1.80. The summed E-state index contributed by atoms with van der Waals surface area (Å²) in [5.74, 6) is 1.06. The van der Waals surface area contributed by atoms with Crippen molar-refractivity contribution in [2.45, 2.75) is 12.8 Å². The molecule has 0 fully saturated rings. The maximum Gasteiger partial charge on any atom is 0.0675 e. The van der Waals surface area contributed by atoms with Gasteiger partial charge in [0.2, 0.25) is 0 Å². The van der Waals surface area contributed by atoms with E-state index in [9.17, 15) is 0 Å². The van der Waals surface area contributed by atoms with Crippen LogP contribution in [0.15, 0.2) is 11.6 Å². The molecule has 1 aliphatic heterocycles. The molecule has 0 aromatic carbocycles. The van der Waals surface area contributed by atoms with Crippen molar-refractivity contribution in [3.8, 4) is 6.07 Å². The zero-order chi connectivity index (χ0) is 7.23. The molecule has 0 atom stereocenters. The Bertz CT molecular complexity index is 164. The van der Waals surface area contributed by atoms with Crippen LogP contribution >= 0.6 is 28.7 Å². The third-order valence-electron chi connectivity index (χ3n) is 1.34. The van der Waals surface area contributed by atoms with Gasteiger partial charge in [0, 0.05) is 19.2 Å². The van der Waals surface area contributed by atoms with Gasteiger partial charge in [-0.2, -0.15) is 5.26 Å². The Hall–Kier alpha value is -0.140. The van der Waals surface area contributed by atoms with Crippen molar-refractivity contribution in [2.75, 3.05) is 12.4 Å². The Balaban J connectivity index is 0.000001000. The molecule has 0 aromatic rings. The van der Waals surface area contributed by atoms with Crippen LogP contribution in [0.25, 0.3) is 0 Å². The molecule has 2 nitrogen and oxygen atoms in total. The van der Waals surface area contributed by atoms with Gasteiger partial charge in [0.1, 0.15) is 0 Å². The second-order valence-corrected chi connectivity index (χ2v) is 3.02. The van der Waals surface area contributed by atoms with Gasteiger partial charge < -0.3 is 4.90 Å². The zero-order valence-corrected chi connectivity index (χ0v) is 8.72. The van der Waals surface area contributed by atoms with Crippen molar-refractivity contribution in [3.63, 3.8) is 0 Å². The van der Waals surface area contributed by atoms with Crippen molar-refractivity contribution in [3.05, 3.63) is 11.6 Å². The fourth-order valence-electron chi connectivity index (χ4n) is 0.811. The Kier molecular flexibility index (Phi) is 6.48. The van der Waals surface area contributed by atoms with Crippen molar-refractivity contribution < 1.29 is 0 Å². The van der Waals surface area contributed by atoms with E-state index in [0.29, 0.717) is 6.42 Å². The predicted molar refractivity (Wildman–Crippen MR) is 53.5 cm³/mol. The maximum atomic E-state index is 8.25. The number of hydrogen-bond donors (Lipinski definition) is 0. The van der Waals surface area contributed by atoms with Crippen molar-refractivity contribution in [1.29, 1.82) is 5.26 Å². The van der Waals surface area contributed by atoms with Crippen LogP contribution in [-0.2, 0) is 0 Å². The Labute approximate surface area is 82.0 Å². The monoisotopic (exact) mass is 234 g/mol. The highest BCUT2D eigenvalue weighted by molar-refractivity contribution is 8.93. The van der Waals surface area contributed by atoms with Gasteiger partial charge in [-0.15, -0.1) is 28.7 Å². The summed E-state index contributed by atoms with van der Waals surface area (Å²) in [6.07, 6.45) is 3.75. The Morgan fingerprint density at radius 2 is 2.45 bits per heavy atom. The zero-order valence-electron chi connectivity index (χ0n) is 6.19. The van der Waals surface area contributed by atoms with E-state index >= 15 is 0 Å². The van der Waals surface area contributed by atoms with E-state index < -0.39 is 0 Å². The predicted octanol–water partition coefficient (Wildman–Crippen LogP) is 2.35. The van der Waals surface area contributed by atoms with Gasteiger partial charge in [0.15, 0.2) is 0 Å². The number of nitriles is 1. The highest BCUT2D eigenvalue weighted by Gasteiger charge is 2.02. The molecule has 4 heteroatoms. The molecule has 1 rings (SSSR count). The minimum atomic E-state index is 0. The highest BCUT2D eigenvalue weighted by atomic mass is 79.9. The van der Waals surface area contributed by atoms with Crippen LogP contribution < -0.4 is 0 Å². The SMILES string of the molecule is Br.N#CCCCN1C=CSC1. The lowest BCUT2D eigenvalue weighted by Crippen LogP contribution is -2.13. The molecule has 11 heavy (non-hydrogen) atoms. The first-order valence-corrected chi connectivity index (χ1v) is 4.37. The van der Waals surface area contributed by atoms with Crippen LogP contribution in [0.5, 0.6) is 0 Å². The lowest BCUT2D eigenvalue weighted by molar-refractivity contribution is 0.438. The summed E-state index contributed by atoms with van der Waals surface area (Å²) in [5.41, 5.74) is 0. The van der Waals surface area contributed by atoms with Gasteiger partial charge in [-0.3, -0.25) is 0 Å². The third kappa shape index (κ3) is 4.33. The van der Waals surface area contributed by atoms with Gasteiger partial charge in [-0.05, 0) is 11.8 Å². The van der Waals surface area contributed by atoms with E-state index in [-0.39, 0.29) is 17.0 Å². The fourth-order valence-corrected chi connectivity index (χ4v) is 1.56. The largest absolute Gasteiger partial charge is 0.367 e. The van der Waals surface area contributed by atoms with Crippen LogP contribution in [0.3, 0.4) is 0 Å². The molecule has 0 aliphatic carbocycles. The smallest absolute Gasteiger partial charge is 0.0675 e. The fraction of sp³-hybridized carbons (Fsp3) is 0.571. The summed E-state index contributed by atoms with van der Waals surface area (Å²) in [6, 6.07) is 2.13. The quantitative estimate of drug-likeness (QED) is 0.702. The number of halogens is 1. The standard InChI is InChI=1S/C7H10N2S.BrH/c8-3-1-2-4-9-5-6-10-7-9;/h5-6H,1-2,4,7H2;1H. The molecule has 0 radical (unpaired) electrons. The van der Waals surface area contributed by atoms with Crippen molar-refractivity contribution in [1.82, 2.24) is 4.90 Å². The highest BCUT2D eigenvalue weighted by Crippen LogP contribution is 2.14. The molecule has 1 heterocycles. The molecular weight excluding hydrogens is 224 g/mol. The van der Waals surface area contributed by atoms with Gasteiger partial charge in [-0.25, -0.2) is 0 Å². The summed E-state index contributed by atoms with van der Waals surface area (Å²) in [4.78, 5) is 2.22. The molecule has 62 valence electrons. The van der Waals surface area contributed by atoms with Gasteiger partial charge in [0.05, 0.1) is 11.9 Å². The average Bonchev–Trinajstić information content (AvgIpc) is 2.41. The summed E-state index contributed by atoms with van der Waals surface area (Å²) in [5, 5.41) is 10.3. The molecule has 0 saturated carbocycles. The number of nitrogens with zero attached hydrogens (tertiary/aromatic N) is 2. The third-order valence-corrected chi connectivity index (χ3v) is 2.14. The molecule has 0 unspecified atom stereocenters. The lowest BCUT2D eigenvalue weighted by Gasteiger charge is -2.12. The summed E-state index contributed by atoms with van der Waals surface area (Å²) < 4.78 is 0. The topological polar surface area (TPSA) is 27.0 Å². The summed E-state index contributed by atoms with van der Waals surface area (Å²) in [7, 11) is 0. The molecule has 0 aromatic heterocycles. The number of thioether (sulfide) groups is 1. The summed E-state index contributed by atoms with van der Waals surface area (Å²) in [6.45, 7) is 1.02. The van der Waals surface area contributed by atoms with E-state index in [0.717, 1.165) is 18.8 Å². The first kappa shape index (κ1) is 10.9. The number of rotatable bonds is 3. The van der Waals surface area contributed by atoms with Crippen molar-refractivity contribution in [2.24, 2.45) is 0 Å². The first-order chi connectivity index (χ1) is 4.93. The maximum absolute atomic E-state index is 8.25. The van der Waals surface area contributed by atoms with Gasteiger partial charge in [0.25, 0.3) is 0 Å². The molecular formula is C7H11BrN2S. The van der Waals surface area contributed by atoms with Crippen LogP contribution in [0.4, 0.5) is 0 Å². The van der Waals surface area contributed by atoms with Crippen LogP contribution in [0, 0.1) is 11.3 Å². The Morgan fingerprint density at radius 1 is 1.64 bits per heavy atom. The van der Waals surface area contributed by atoms with E-state index in [2.05, 4.69) is 22.6 Å². The number of unbranched alkanes of at least 4 members (excludes halogenated alkanes) is 1. The molecule has 1 aliphatic rings. The van der Waals surface area contributed by atoms with Gasteiger partial charge >= 0.3 is 0 Å². The molecule has 0 bridgehead atoms. The molecule has 0 amide bonds. The van der Waals surface area contributed by atoms with E-state index in [4.69, 9.17) is 5.26 Å².